The minimum Gasteiger partial charge on any atom is -0.493 e. The molecule has 0 fully saturated rings. The standard InChI is InChI=1S/C19H19ClN2O5/c1-12-3-5-13(6-4-12)9-17(23)22-21-10-14-7-15(20)19(16(8-14)26-2)27-11-18(24)25/h3-8,10H,9,11H2,1-2H3,(H,22,23)(H,24,25)/b21-10+. The molecule has 27 heavy (non-hydrogen) atoms. The van der Waals surface area contributed by atoms with Crippen LogP contribution >= 0.6 is 11.6 Å². The first-order valence-electron chi connectivity index (χ1n) is 7.98. The van der Waals surface area contributed by atoms with E-state index in [0.29, 0.717) is 5.56 Å². The highest BCUT2D eigenvalue weighted by molar-refractivity contribution is 6.32. The van der Waals surface area contributed by atoms with Crippen molar-refractivity contribution in [3.05, 3.63) is 58.1 Å². The number of rotatable bonds is 8. The van der Waals surface area contributed by atoms with Crippen LogP contribution in [0, 0.1) is 6.92 Å². The molecule has 7 nitrogen and oxygen atoms in total. The van der Waals surface area contributed by atoms with Gasteiger partial charge in [-0.15, -0.1) is 0 Å². The van der Waals surface area contributed by atoms with E-state index in [-0.39, 0.29) is 28.8 Å². The number of aryl methyl sites for hydroxylation is 1. The fourth-order valence-electron chi connectivity index (χ4n) is 2.20. The zero-order valence-electron chi connectivity index (χ0n) is 14.9. The molecule has 2 aromatic rings. The van der Waals surface area contributed by atoms with Gasteiger partial charge >= 0.3 is 5.97 Å². The average Bonchev–Trinajstić information content (AvgIpc) is 2.62. The lowest BCUT2D eigenvalue weighted by Gasteiger charge is -2.11. The summed E-state index contributed by atoms with van der Waals surface area (Å²) in [6.07, 6.45) is 1.62. The summed E-state index contributed by atoms with van der Waals surface area (Å²) in [4.78, 5) is 22.6. The molecular weight excluding hydrogens is 372 g/mol. The van der Waals surface area contributed by atoms with Gasteiger partial charge in [0.2, 0.25) is 5.91 Å². The van der Waals surface area contributed by atoms with E-state index in [1.165, 1.54) is 19.4 Å². The van der Waals surface area contributed by atoms with Gasteiger partial charge in [-0.05, 0) is 30.2 Å². The van der Waals surface area contributed by atoms with E-state index in [2.05, 4.69) is 10.5 Å². The number of aliphatic carboxylic acids is 1. The summed E-state index contributed by atoms with van der Waals surface area (Å²) in [5, 5.41) is 12.8. The lowest BCUT2D eigenvalue weighted by molar-refractivity contribution is -0.139. The number of hydrogen-bond acceptors (Lipinski definition) is 5. The van der Waals surface area contributed by atoms with Gasteiger partial charge in [0, 0.05) is 0 Å². The molecule has 0 heterocycles. The van der Waals surface area contributed by atoms with Crippen LogP contribution < -0.4 is 14.9 Å². The number of nitrogens with one attached hydrogen (secondary N) is 1. The smallest absolute Gasteiger partial charge is 0.341 e. The lowest BCUT2D eigenvalue weighted by Crippen LogP contribution is -2.19. The van der Waals surface area contributed by atoms with Crippen molar-refractivity contribution in [3.8, 4) is 11.5 Å². The van der Waals surface area contributed by atoms with Crippen LogP contribution in [0.1, 0.15) is 16.7 Å². The van der Waals surface area contributed by atoms with E-state index in [1.54, 1.807) is 6.07 Å². The summed E-state index contributed by atoms with van der Waals surface area (Å²) in [6, 6.07) is 10.7. The van der Waals surface area contributed by atoms with E-state index >= 15 is 0 Å². The van der Waals surface area contributed by atoms with E-state index < -0.39 is 12.6 Å². The number of methoxy groups -OCH3 is 1. The number of hydrazone groups is 1. The molecule has 0 bridgehead atoms. The molecule has 0 atom stereocenters. The Bertz CT molecular complexity index is 850. The Kier molecular flexibility index (Phi) is 7.19. The lowest BCUT2D eigenvalue weighted by atomic mass is 10.1. The average molecular weight is 391 g/mol. The van der Waals surface area contributed by atoms with Crippen molar-refractivity contribution in [1.82, 2.24) is 5.43 Å². The maximum atomic E-state index is 11.9. The highest BCUT2D eigenvalue weighted by atomic mass is 35.5. The van der Waals surface area contributed by atoms with Crippen molar-refractivity contribution in [2.45, 2.75) is 13.3 Å². The minimum absolute atomic E-state index is 0.127. The maximum Gasteiger partial charge on any atom is 0.341 e. The first kappa shape index (κ1) is 20.3. The van der Waals surface area contributed by atoms with Gasteiger partial charge < -0.3 is 14.6 Å². The fourth-order valence-corrected chi connectivity index (χ4v) is 2.47. The van der Waals surface area contributed by atoms with Crippen molar-refractivity contribution >= 4 is 29.7 Å². The van der Waals surface area contributed by atoms with Crippen molar-refractivity contribution in [2.75, 3.05) is 13.7 Å². The molecule has 0 aliphatic carbocycles. The van der Waals surface area contributed by atoms with Gasteiger partial charge in [0.05, 0.1) is 24.8 Å². The van der Waals surface area contributed by atoms with Crippen molar-refractivity contribution < 1.29 is 24.2 Å². The van der Waals surface area contributed by atoms with Crippen molar-refractivity contribution in [3.63, 3.8) is 0 Å². The highest BCUT2D eigenvalue weighted by Crippen LogP contribution is 2.36. The third kappa shape index (κ3) is 6.31. The number of hydrogen-bond donors (Lipinski definition) is 2. The molecule has 0 radical (unpaired) electrons. The van der Waals surface area contributed by atoms with Crippen LogP contribution in [0.2, 0.25) is 5.02 Å². The van der Waals surface area contributed by atoms with Crippen LogP contribution in [0.15, 0.2) is 41.5 Å². The summed E-state index contributed by atoms with van der Waals surface area (Å²) in [5.41, 5.74) is 5.01. The predicted octanol–water partition coefficient (Wildman–Crippen LogP) is 2.81. The molecule has 0 aromatic heterocycles. The van der Waals surface area contributed by atoms with Gasteiger partial charge in [0.25, 0.3) is 0 Å². The van der Waals surface area contributed by atoms with Gasteiger partial charge in [-0.1, -0.05) is 41.4 Å². The van der Waals surface area contributed by atoms with E-state index in [9.17, 15) is 9.59 Å². The van der Waals surface area contributed by atoms with E-state index in [0.717, 1.165) is 11.1 Å². The number of carbonyl (C=O) groups is 2. The van der Waals surface area contributed by atoms with E-state index in [1.807, 2.05) is 31.2 Å². The summed E-state index contributed by atoms with van der Waals surface area (Å²) in [7, 11) is 1.41. The minimum atomic E-state index is -1.13. The van der Waals surface area contributed by atoms with Gasteiger partial charge in [0.1, 0.15) is 0 Å². The SMILES string of the molecule is COc1cc(/C=N/NC(=O)Cc2ccc(C)cc2)cc(Cl)c1OCC(=O)O. The highest BCUT2D eigenvalue weighted by Gasteiger charge is 2.13. The molecular formula is C19H19ClN2O5. The molecule has 0 aliphatic heterocycles. The second-order valence-corrected chi connectivity index (χ2v) is 6.08. The molecule has 2 N–H and O–H groups in total. The molecule has 142 valence electrons. The third-order valence-electron chi connectivity index (χ3n) is 3.48. The molecule has 2 aromatic carbocycles. The fraction of sp³-hybridized carbons (Fsp3) is 0.211. The predicted molar refractivity (Wildman–Crippen MR) is 102 cm³/mol. The molecule has 1 amide bonds. The summed E-state index contributed by atoms with van der Waals surface area (Å²) in [6.45, 7) is 1.43. The number of halogens is 1. The third-order valence-corrected chi connectivity index (χ3v) is 3.76. The maximum absolute atomic E-state index is 11.9. The quantitative estimate of drug-likeness (QED) is 0.533. The first-order valence-corrected chi connectivity index (χ1v) is 8.36. The van der Waals surface area contributed by atoms with Crippen LogP contribution in [-0.4, -0.2) is 36.9 Å². The number of carboxylic acids is 1. The van der Waals surface area contributed by atoms with Crippen LogP contribution in [0.5, 0.6) is 11.5 Å². The molecule has 0 aliphatic rings. The summed E-state index contributed by atoms with van der Waals surface area (Å²) >= 11 is 6.11. The summed E-state index contributed by atoms with van der Waals surface area (Å²) < 4.78 is 10.3. The molecule has 2 rings (SSSR count). The number of benzene rings is 2. The van der Waals surface area contributed by atoms with Crippen molar-refractivity contribution in [1.29, 1.82) is 0 Å². The van der Waals surface area contributed by atoms with Crippen LogP contribution in [0.25, 0.3) is 0 Å². The molecule has 0 spiro atoms. The van der Waals surface area contributed by atoms with Crippen LogP contribution in [0.3, 0.4) is 0 Å². The van der Waals surface area contributed by atoms with Gasteiger partial charge in [-0.2, -0.15) is 5.10 Å². The van der Waals surface area contributed by atoms with Crippen LogP contribution in [-0.2, 0) is 16.0 Å². The second kappa shape index (κ2) is 9.59. The Morgan fingerprint density at radius 3 is 2.59 bits per heavy atom. The van der Waals surface area contributed by atoms with Crippen molar-refractivity contribution in [2.24, 2.45) is 5.10 Å². The van der Waals surface area contributed by atoms with Gasteiger partial charge in [-0.25, -0.2) is 10.2 Å². The Hall–Kier alpha value is -3.06. The number of carbonyl (C=O) groups excluding carboxylic acids is 1. The monoisotopic (exact) mass is 390 g/mol. The zero-order valence-corrected chi connectivity index (χ0v) is 15.6. The normalized spacial score (nSPS) is 10.6. The Balaban J connectivity index is 2.01. The Morgan fingerprint density at radius 2 is 1.96 bits per heavy atom. The zero-order chi connectivity index (χ0) is 19.8. The molecule has 0 unspecified atom stereocenters. The number of nitrogens with zero attached hydrogens (tertiary/aromatic N) is 1. The Morgan fingerprint density at radius 1 is 1.26 bits per heavy atom. The van der Waals surface area contributed by atoms with Gasteiger partial charge in [0.15, 0.2) is 18.1 Å². The Labute approximate surface area is 161 Å². The molecule has 8 heteroatoms. The molecule has 0 saturated carbocycles. The molecule has 0 saturated heterocycles. The largest absolute Gasteiger partial charge is 0.493 e. The van der Waals surface area contributed by atoms with Crippen LogP contribution in [0.4, 0.5) is 0 Å². The summed E-state index contributed by atoms with van der Waals surface area (Å²) in [5.74, 6) is -0.997. The number of ether oxygens (including phenoxy) is 2. The van der Waals surface area contributed by atoms with E-state index in [4.69, 9.17) is 26.2 Å². The number of carboxylic acid groups (broad SMARTS) is 1. The van der Waals surface area contributed by atoms with Gasteiger partial charge in [-0.3, -0.25) is 4.79 Å². The first-order chi connectivity index (χ1) is 12.9. The topological polar surface area (TPSA) is 97.2 Å². The second-order valence-electron chi connectivity index (χ2n) is 5.67. The number of amides is 1.